The highest BCUT2D eigenvalue weighted by atomic mass is 16.4. The van der Waals surface area contributed by atoms with Crippen LogP contribution in [0, 0.1) is 37.3 Å². The minimum absolute atomic E-state index is 0.0284. The van der Waals surface area contributed by atoms with Crippen molar-refractivity contribution in [1.82, 2.24) is 4.98 Å². The molecule has 0 aliphatic rings. The summed E-state index contributed by atoms with van der Waals surface area (Å²) in [5.41, 5.74) is -2.05. The maximum absolute atomic E-state index is 9.47. The molecule has 5 rings (SSSR count). The van der Waals surface area contributed by atoms with Crippen molar-refractivity contribution < 1.29 is 25.3 Å². The minimum Gasteiger partial charge on any atom is -0.451 e. The zero-order valence-corrected chi connectivity index (χ0v) is 18.8. The average molecular weight is 461 g/mol. The number of aryl methyl sites for hydroxylation is 3. The monoisotopic (exact) mass is 460 g/mol. The van der Waals surface area contributed by atoms with E-state index in [1.807, 2.05) is 0 Å². The molecule has 0 aliphatic carbocycles. The van der Waals surface area contributed by atoms with Crippen molar-refractivity contribution in [1.29, 1.82) is 5.26 Å². The molecule has 0 saturated heterocycles. The highest BCUT2D eigenvalue weighted by Gasteiger charge is 2.21. The molecule has 0 radical (unpaired) electrons. The van der Waals surface area contributed by atoms with Crippen molar-refractivity contribution >= 4 is 22.1 Å². The third-order valence-corrected chi connectivity index (χ3v) is 5.34. The predicted molar refractivity (Wildman–Crippen MR) is 137 cm³/mol. The van der Waals surface area contributed by atoms with Crippen LogP contribution in [0.25, 0.3) is 44.5 Å². The second-order valence-electron chi connectivity index (χ2n) is 9.03. The van der Waals surface area contributed by atoms with E-state index in [1.54, 1.807) is 45.0 Å². The highest BCUT2D eigenvalue weighted by molar-refractivity contribution is 6.08. The van der Waals surface area contributed by atoms with Crippen LogP contribution in [0.3, 0.4) is 0 Å². The molecule has 2 aromatic carbocycles. The van der Waals surface area contributed by atoms with Gasteiger partial charge in [0.1, 0.15) is 11.7 Å². The van der Waals surface area contributed by atoms with E-state index in [4.69, 9.17) is 25.3 Å². The van der Waals surface area contributed by atoms with Gasteiger partial charge in [-0.15, -0.1) is 0 Å². The standard InChI is InChI=1S/C30H28N2O2/c1-17-12-20(14-30(4,5)6)10-11-21(17)24-13-25(32-16-18(24)2)22-8-7-9-23-28(22)34-27-19(3)26(15-31)33-29(23)27/h7-13,16H,14H2,1-6H3/i1D3,2D3,3D3,11D,14D2. The fourth-order valence-electron chi connectivity index (χ4n) is 3.93. The van der Waals surface area contributed by atoms with Crippen LogP contribution in [-0.4, -0.2) is 4.98 Å². The molecule has 0 N–H and O–H groups in total. The Labute approximate surface area is 216 Å². The van der Waals surface area contributed by atoms with E-state index in [0.29, 0.717) is 5.39 Å². The van der Waals surface area contributed by atoms with Gasteiger partial charge in [-0.1, -0.05) is 45.0 Å². The molecule has 0 amide bonds. The molecule has 4 heteroatoms. The first kappa shape index (κ1) is 12.0. The Bertz CT molecular complexity index is 2050. The number of furan rings is 2. The van der Waals surface area contributed by atoms with Gasteiger partial charge >= 0.3 is 0 Å². The van der Waals surface area contributed by atoms with Crippen molar-refractivity contribution in [3.05, 3.63) is 76.7 Å². The molecule has 0 spiro atoms. The molecule has 0 aliphatic heterocycles. The maximum atomic E-state index is 9.47. The van der Waals surface area contributed by atoms with Crippen molar-refractivity contribution in [2.45, 2.75) is 47.7 Å². The molecular formula is C30H28N2O2. The molecule has 3 heterocycles. The van der Waals surface area contributed by atoms with Gasteiger partial charge in [0, 0.05) is 32.4 Å². The van der Waals surface area contributed by atoms with Crippen LogP contribution in [0.5, 0.6) is 0 Å². The number of benzene rings is 2. The number of hydrogen-bond acceptors (Lipinski definition) is 4. The molecule has 170 valence electrons. The molecule has 4 nitrogen and oxygen atoms in total. The Morgan fingerprint density at radius 1 is 1.00 bits per heavy atom. The Kier molecular flexibility index (Phi) is 2.79. The number of pyridine rings is 1. The van der Waals surface area contributed by atoms with Crippen molar-refractivity contribution in [3.8, 4) is 28.5 Å². The molecule has 0 unspecified atom stereocenters. The number of nitriles is 1. The third-order valence-electron chi connectivity index (χ3n) is 5.34. The maximum Gasteiger partial charge on any atom is 0.211 e. The number of nitrogens with zero attached hydrogens (tertiary/aromatic N) is 2. The molecule has 34 heavy (non-hydrogen) atoms. The fourth-order valence-corrected chi connectivity index (χ4v) is 3.93. The van der Waals surface area contributed by atoms with E-state index in [-0.39, 0.29) is 56.3 Å². The van der Waals surface area contributed by atoms with E-state index < -0.39 is 49.2 Å². The highest BCUT2D eigenvalue weighted by Crippen LogP contribution is 2.40. The molecule has 3 aromatic heterocycles. The van der Waals surface area contributed by atoms with E-state index in [1.165, 1.54) is 18.2 Å². The second kappa shape index (κ2) is 7.88. The Morgan fingerprint density at radius 3 is 2.59 bits per heavy atom. The van der Waals surface area contributed by atoms with E-state index in [9.17, 15) is 5.26 Å². The minimum atomic E-state index is -2.86. The second-order valence-corrected chi connectivity index (χ2v) is 9.03. The lowest BCUT2D eigenvalue weighted by molar-refractivity contribution is 0.411. The molecule has 5 aromatic rings. The molecule has 0 fully saturated rings. The largest absolute Gasteiger partial charge is 0.451 e. The molecule has 0 atom stereocenters. The van der Waals surface area contributed by atoms with Crippen LogP contribution in [0.2, 0.25) is 0 Å². The summed E-state index contributed by atoms with van der Waals surface area (Å²) >= 11 is 0. The lowest BCUT2D eigenvalue weighted by atomic mass is 9.86. The van der Waals surface area contributed by atoms with Crippen LogP contribution in [0.15, 0.2) is 57.5 Å². The topological polar surface area (TPSA) is 63.0 Å². The smallest absolute Gasteiger partial charge is 0.211 e. The fraction of sp³-hybridized carbons (Fsp3) is 0.267. The lowest BCUT2D eigenvalue weighted by Gasteiger charge is -2.19. The summed E-state index contributed by atoms with van der Waals surface area (Å²) < 4.78 is 111. The molecule has 0 bridgehead atoms. The van der Waals surface area contributed by atoms with Gasteiger partial charge in [0.2, 0.25) is 5.76 Å². The summed E-state index contributed by atoms with van der Waals surface area (Å²) in [7, 11) is 0. The van der Waals surface area contributed by atoms with Crippen molar-refractivity contribution in [2.24, 2.45) is 5.41 Å². The van der Waals surface area contributed by atoms with Crippen molar-refractivity contribution in [2.75, 3.05) is 0 Å². The number of para-hydroxylation sites is 1. The number of rotatable bonds is 3. The van der Waals surface area contributed by atoms with Crippen molar-refractivity contribution in [3.63, 3.8) is 0 Å². The number of fused-ring (bicyclic) bond motifs is 3. The van der Waals surface area contributed by atoms with Crippen LogP contribution in [-0.2, 0) is 6.37 Å². The first-order chi connectivity index (χ1) is 21.0. The van der Waals surface area contributed by atoms with E-state index in [0.717, 1.165) is 6.20 Å². The summed E-state index contributed by atoms with van der Waals surface area (Å²) in [5, 5.41) is 9.79. The third kappa shape index (κ3) is 3.68. The SMILES string of the molecule is [2H]c1cc(C([2H])([2H])C(C)(C)C)cc(C([2H])([2H])[2H])c1-c1cc(-c2cccc3c2oc2c(C([2H])([2H])[2H])c(C#N)oc23)ncc1C([2H])([2H])[2H]. The Hall–Kier alpha value is -3.84. The van der Waals surface area contributed by atoms with E-state index >= 15 is 0 Å². The summed E-state index contributed by atoms with van der Waals surface area (Å²) in [6.45, 7) is -3.43. The van der Waals surface area contributed by atoms with Crippen LogP contribution < -0.4 is 0 Å². The summed E-state index contributed by atoms with van der Waals surface area (Å²) in [6, 6.07) is 9.83. The first-order valence-electron chi connectivity index (χ1n) is 16.5. The summed E-state index contributed by atoms with van der Waals surface area (Å²) in [4.78, 5) is 4.35. The lowest BCUT2D eigenvalue weighted by Crippen LogP contribution is -2.09. The number of hydrogen-bond donors (Lipinski definition) is 0. The Balaban J connectivity index is 1.83. The predicted octanol–water partition coefficient (Wildman–Crippen LogP) is 8.29. The molecular weight excluding hydrogens is 420 g/mol. The first-order valence-corrected chi connectivity index (χ1v) is 10.5. The molecule has 0 saturated carbocycles. The number of aromatic nitrogens is 1. The quantitative estimate of drug-likeness (QED) is 0.272. The zero-order chi connectivity index (χ0) is 34.4. The van der Waals surface area contributed by atoms with Crippen LogP contribution in [0.4, 0.5) is 0 Å². The zero-order valence-electron chi connectivity index (χ0n) is 30.8. The van der Waals surface area contributed by atoms with E-state index in [2.05, 4.69) is 4.98 Å². The van der Waals surface area contributed by atoms with Crippen LogP contribution in [0.1, 0.15) is 65.2 Å². The van der Waals surface area contributed by atoms with Gasteiger partial charge in [0.15, 0.2) is 11.2 Å². The van der Waals surface area contributed by atoms with Gasteiger partial charge in [-0.25, -0.2) is 0 Å². The summed E-state index contributed by atoms with van der Waals surface area (Å²) in [6.07, 6.45) is -0.974. The van der Waals surface area contributed by atoms with Gasteiger partial charge in [-0.3, -0.25) is 4.98 Å². The summed E-state index contributed by atoms with van der Waals surface area (Å²) in [5.74, 6) is -0.414. The normalized spacial score (nSPS) is 18.6. The van der Waals surface area contributed by atoms with Gasteiger partial charge in [0.25, 0.3) is 0 Å². The van der Waals surface area contributed by atoms with Gasteiger partial charge < -0.3 is 8.83 Å². The van der Waals surface area contributed by atoms with Crippen LogP contribution >= 0.6 is 0 Å². The van der Waals surface area contributed by atoms with Gasteiger partial charge in [0.05, 0.1) is 12.5 Å². The van der Waals surface area contributed by atoms with Gasteiger partial charge in [-0.2, -0.15) is 5.26 Å². The average Bonchev–Trinajstić information content (AvgIpc) is 3.46. The van der Waals surface area contributed by atoms with Gasteiger partial charge in [-0.05, 0) is 78.4 Å². The Morgan fingerprint density at radius 2 is 1.85 bits per heavy atom.